The Labute approximate surface area is 209 Å². The molecule has 6 nitrogen and oxygen atoms in total. The van der Waals surface area contributed by atoms with Gasteiger partial charge >= 0.3 is 0 Å². The number of aromatic nitrogens is 4. The van der Waals surface area contributed by atoms with Crippen molar-refractivity contribution in [3.8, 4) is 11.4 Å². The minimum absolute atomic E-state index is 0.820. The van der Waals surface area contributed by atoms with Crippen LogP contribution < -0.4 is 0 Å². The van der Waals surface area contributed by atoms with Gasteiger partial charge in [-0.25, -0.2) is 4.98 Å². The second kappa shape index (κ2) is 12.2. The smallest absolute Gasteiger partial charge is 0.135 e. The molecule has 0 aliphatic carbocycles. The van der Waals surface area contributed by atoms with E-state index in [4.69, 9.17) is 4.98 Å². The van der Waals surface area contributed by atoms with Gasteiger partial charge < -0.3 is 14.8 Å². The summed E-state index contributed by atoms with van der Waals surface area (Å²) < 4.78 is 0. The minimum atomic E-state index is 0.820. The summed E-state index contributed by atoms with van der Waals surface area (Å²) in [5.74, 6) is 0. The fraction of sp³-hybridized carbons (Fsp3) is 0.310. The van der Waals surface area contributed by atoms with E-state index in [1.54, 1.807) is 6.08 Å². The van der Waals surface area contributed by atoms with Crippen molar-refractivity contribution < 1.29 is 0 Å². The van der Waals surface area contributed by atoms with Crippen LogP contribution in [0.1, 0.15) is 37.7 Å². The SMILES string of the molecule is C=C/C=C\C(=C/C)c1ccc2[nH]nc(-c3cc(/C(=C\C=C)N4CCN(C)CC4)c(C)[nH]3)c2n1.CC. The van der Waals surface area contributed by atoms with Crippen LogP contribution in [-0.2, 0) is 0 Å². The molecule has 184 valence electrons. The molecule has 0 atom stereocenters. The van der Waals surface area contributed by atoms with Gasteiger partial charge in [-0.15, -0.1) is 0 Å². The number of hydrogen-bond acceptors (Lipinski definition) is 4. The number of likely N-dealkylation sites (N-methyl/N-ethyl adjacent to an activating group) is 1. The Hall–Kier alpha value is -3.64. The Balaban J connectivity index is 0.00000167. The lowest BCUT2D eigenvalue weighted by Gasteiger charge is -2.35. The Kier molecular flexibility index (Phi) is 9.04. The third kappa shape index (κ3) is 5.72. The van der Waals surface area contributed by atoms with Gasteiger partial charge in [0.25, 0.3) is 0 Å². The van der Waals surface area contributed by atoms with Crippen molar-refractivity contribution in [1.29, 1.82) is 0 Å². The van der Waals surface area contributed by atoms with Crippen LogP contribution in [0.15, 0.2) is 67.8 Å². The molecule has 4 heterocycles. The lowest BCUT2D eigenvalue weighted by Crippen LogP contribution is -2.43. The highest BCUT2D eigenvalue weighted by atomic mass is 15.3. The first-order valence-corrected chi connectivity index (χ1v) is 12.3. The third-order valence-electron chi connectivity index (χ3n) is 6.09. The van der Waals surface area contributed by atoms with Gasteiger partial charge in [0.2, 0.25) is 0 Å². The number of hydrogen-bond donors (Lipinski definition) is 2. The van der Waals surface area contributed by atoms with E-state index in [0.29, 0.717) is 0 Å². The van der Waals surface area contributed by atoms with Crippen LogP contribution in [-0.4, -0.2) is 63.2 Å². The molecule has 1 aliphatic rings. The lowest BCUT2D eigenvalue weighted by atomic mass is 10.1. The van der Waals surface area contributed by atoms with Crippen molar-refractivity contribution in [2.75, 3.05) is 33.2 Å². The van der Waals surface area contributed by atoms with Gasteiger partial charge in [0.1, 0.15) is 11.2 Å². The molecule has 3 aromatic heterocycles. The highest BCUT2D eigenvalue weighted by Crippen LogP contribution is 2.31. The number of nitrogens with zero attached hydrogens (tertiary/aromatic N) is 4. The van der Waals surface area contributed by atoms with Crippen LogP contribution in [0.2, 0.25) is 0 Å². The highest BCUT2D eigenvalue weighted by Gasteiger charge is 2.21. The molecule has 0 spiro atoms. The number of piperazine rings is 1. The van der Waals surface area contributed by atoms with Crippen molar-refractivity contribution in [3.05, 3.63) is 84.8 Å². The topological polar surface area (TPSA) is 63.8 Å². The van der Waals surface area contributed by atoms with Gasteiger partial charge in [0.05, 0.1) is 16.9 Å². The van der Waals surface area contributed by atoms with Crippen molar-refractivity contribution >= 4 is 22.3 Å². The molecule has 1 aliphatic heterocycles. The fourth-order valence-corrected chi connectivity index (χ4v) is 4.22. The van der Waals surface area contributed by atoms with E-state index in [9.17, 15) is 0 Å². The van der Waals surface area contributed by atoms with Crippen LogP contribution in [0.3, 0.4) is 0 Å². The second-order valence-corrected chi connectivity index (χ2v) is 8.30. The number of aromatic amines is 2. The third-order valence-corrected chi connectivity index (χ3v) is 6.09. The van der Waals surface area contributed by atoms with Crippen LogP contribution in [0.4, 0.5) is 0 Å². The predicted octanol–water partition coefficient (Wildman–Crippen LogP) is 6.21. The summed E-state index contributed by atoms with van der Waals surface area (Å²) >= 11 is 0. The van der Waals surface area contributed by atoms with Crippen LogP contribution in [0.5, 0.6) is 0 Å². The van der Waals surface area contributed by atoms with E-state index in [2.05, 4.69) is 64.3 Å². The van der Waals surface area contributed by atoms with Crippen LogP contribution in [0, 0.1) is 6.92 Å². The molecule has 0 aromatic carbocycles. The minimum Gasteiger partial charge on any atom is -0.368 e. The number of aryl methyl sites for hydroxylation is 1. The van der Waals surface area contributed by atoms with Gasteiger partial charge in [-0.2, -0.15) is 5.10 Å². The van der Waals surface area contributed by atoms with E-state index in [1.807, 2.05) is 57.2 Å². The van der Waals surface area contributed by atoms with Crippen molar-refractivity contribution in [1.82, 2.24) is 30.0 Å². The Bertz CT molecular complexity index is 1250. The normalized spacial score (nSPS) is 15.4. The summed E-state index contributed by atoms with van der Waals surface area (Å²) in [7, 11) is 2.17. The number of nitrogens with one attached hydrogen (secondary N) is 2. The van der Waals surface area contributed by atoms with Crippen molar-refractivity contribution in [2.45, 2.75) is 27.7 Å². The zero-order valence-electron chi connectivity index (χ0n) is 21.7. The summed E-state index contributed by atoms with van der Waals surface area (Å²) in [4.78, 5) is 13.3. The molecule has 0 saturated carbocycles. The van der Waals surface area contributed by atoms with Crippen LogP contribution in [0.25, 0.3) is 33.7 Å². The zero-order valence-corrected chi connectivity index (χ0v) is 21.7. The number of pyridine rings is 1. The van der Waals surface area contributed by atoms with E-state index in [0.717, 1.165) is 65.6 Å². The second-order valence-electron chi connectivity index (χ2n) is 8.30. The summed E-state index contributed by atoms with van der Waals surface area (Å²) in [5.41, 5.74) is 8.94. The maximum Gasteiger partial charge on any atom is 0.135 e. The number of allylic oxidation sites excluding steroid dienone is 7. The highest BCUT2D eigenvalue weighted by molar-refractivity contribution is 5.91. The molecule has 0 amide bonds. The van der Waals surface area contributed by atoms with Gasteiger partial charge in [-0.1, -0.05) is 57.4 Å². The monoisotopic (exact) mass is 470 g/mol. The van der Waals surface area contributed by atoms with Gasteiger partial charge in [0.15, 0.2) is 0 Å². The Morgan fingerprint density at radius 2 is 1.83 bits per heavy atom. The van der Waals surface area contributed by atoms with Gasteiger partial charge in [0, 0.05) is 43.1 Å². The standard InChI is InChI=1S/C27H32N6.C2H6/c1-6-9-11-20(8-3)22-12-13-23-26(29-22)27(31-30-23)24-18-21(19(4)28-24)25(10-7-2)33-16-14-32(5)15-17-33;1-2/h6-13,18,28H,1-2,14-17H2,3-5H3,(H,30,31);1-2H3/b11-9-,20-8+,25-10+;. The molecule has 0 bridgehead atoms. The zero-order chi connectivity index (χ0) is 25.4. The molecule has 0 unspecified atom stereocenters. The molecule has 1 fully saturated rings. The van der Waals surface area contributed by atoms with E-state index in [1.165, 1.54) is 11.3 Å². The van der Waals surface area contributed by atoms with Crippen LogP contribution >= 0.6 is 0 Å². The molecule has 3 aromatic rings. The molecule has 2 N–H and O–H groups in total. The maximum absolute atomic E-state index is 4.94. The summed E-state index contributed by atoms with van der Waals surface area (Å²) in [5, 5.41) is 7.74. The predicted molar refractivity (Wildman–Crippen MR) is 150 cm³/mol. The van der Waals surface area contributed by atoms with E-state index >= 15 is 0 Å². The average Bonchev–Trinajstić information content (AvgIpc) is 3.48. The molecular weight excluding hydrogens is 432 g/mol. The first-order valence-electron chi connectivity index (χ1n) is 12.3. The summed E-state index contributed by atoms with van der Waals surface area (Å²) in [6, 6.07) is 6.22. The molecule has 1 saturated heterocycles. The van der Waals surface area contributed by atoms with Crippen molar-refractivity contribution in [3.63, 3.8) is 0 Å². The molecule has 0 radical (unpaired) electrons. The number of rotatable bonds is 7. The first-order chi connectivity index (χ1) is 17.0. The van der Waals surface area contributed by atoms with E-state index in [-0.39, 0.29) is 0 Å². The average molecular weight is 471 g/mol. The largest absolute Gasteiger partial charge is 0.368 e. The molecule has 4 rings (SSSR count). The molecular formula is C29H38N6. The van der Waals surface area contributed by atoms with Crippen molar-refractivity contribution in [2.24, 2.45) is 0 Å². The lowest BCUT2D eigenvalue weighted by molar-refractivity contribution is 0.207. The van der Waals surface area contributed by atoms with Gasteiger partial charge in [-0.05, 0) is 50.7 Å². The maximum atomic E-state index is 4.94. The molecule has 6 heteroatoms. The summed E-state index contributed by atoms with van der Waals surface area (Å²) in [6.45, 7) is 19.9. The fourth-order valence-electron chi connectivity index (χ4n) is 4.22. The Morgan fingerprint density at radius 1 is 1.09 bits per heavy atom. The quantitative estimate of drug-likeness (QED) is 0.403. The van der Waals surface area contributed by atoms with Gasteiger partial charge in [-0.3, -0.25) is 5.10 Å². The first kappa shape index (κ1) is 26.0. The number of fused-ring (bicyclic) bond motifs is 1. The molecule has 35 heavy (non-hydrogen) atoms. The summed E-state index contributed by atoms with van der Waals surface area (Å²) in [6.07, 6.45) is 11.7. The number of H-pyrrole nitrogens is 2. The Morgan fingerprint density at radius 3 is 2.49 bits per heavy atom. The van der Waals surface area contributed by atoms with E-state index < -0.39 is 0 Å².